The summed E-state index contributed by atoms with van der Waals surface area (Å²) in [6.45, 7) is 6.10. The number of benzene rings is 1. The van der Waals surface area contributed by atoms with Crippen molar-refractivity contribution in [3.05, 3.63) is 29.8 Å². The van der Waals surface area contributed by atoms with Crippen LogP contribution in [0.1, 0.15) is 20.3 Å². The Labute approximate surface area is 146 Å². The summed E-state index contributed by atoms with van der Waals surface area (Å²) in [5.41, 5.74) is 0.0272. The van der Waals surface area contributed by atoms with Gasteiger partial charge in [-0.25, -0.2) is 8.78 Å². The quantitative estimate of drug-likeness (QED) is 0.409. The fourth-order valence-corrected chi connectivity index (χ4v) is 2.79. The van der Waals surface area contributed by atoms with Gasteiger partial charge in [-0.05, 0) is 25.5 Å². The molecule has 0 aliphatic carbocycles. The number of hydrogen-bond acceptors (Lipinski definition) is 3. The Bertz CT molecular complexity index is 603. The van der Waals surface area contributed by atoms with E-state index in [0.29, 0.717) is 38.7 Å². The third kappa shape index (κ3) is 5.58. The summed E-state index contributed by atoms with van der Waals surface area (Å²) < 4.78 is 27.8. The summed E-state index contributed by atoms with van der Waals surface area (Å²) in [4.78, 5) is 17.0. The largest absolute Gasteiger partial charge is 0.365 e. The minimum Gasteiger partial charge on any atom is -0.365 e. The summed E-state index contributed by atoms with van der Waals surface area (Å²) in [7, 11) is 0. The second-order valence-electron chi connectivity index (χ2n) is 5.89. The second-order valence-corrected chi connectivity index (χ2v) is 5.89. The van der Waals surface area contributed by atoms with Crippen LogP contribution in [0, 0.1) is 11.6 Å². The normalized spacial score (nSPS) is 17.5. The van der Waals surface area contributed by atoms with Crippen LogP contribution in [0.5, 0.6) is 0 Å². The van der Waals surface area contributed by atoms with Crippen LogP contribution in [0.15, 0.2) is 23.2 Å². The SMILES string of the molecule is CCNC(=NCCNC(C)=O)NC1CCN(c2c(F)cccc2F)C1. The molecule has 1 aliphatic heterocycles. The van der Waals surface area contributed by atoms with Gasteiger partial charge >= 0.3 is 0 Å². The molecule has 1 aliphatic rings. The van der Waals surface area contributed by atoms with Gasteiger partial charge in [-0.2, -0.15) is 0 Å². The molecule has 0 aromatic heterocycles. The van der Waals surface area contributed by atoms with Gasteiger partial charge in [0.15, 0.2) is 5.96 Å². The topological polar surface area (TPSA) is 68.8 Å². The van der Waals surface area contributed by atoms with E-state index in [2.05, 4.69) is 20.9 Å². The Hall–Kier alpha value is -2.38. The summed E-state index contributed by atoms with van der Waals surface area (Å²) >= 11 is 0. The van der Waals surface area contributed by atoms with E-state index in [1.165, 1.54) is 25.1 Å². The van der Waals surface area contributed by atoms with Gasteiger partial charge in [0.25, 0.3) is 0 Å². The molecule has 1 amide bonds. The van der Waals surface area contributed by atoms with Crippen LogP contribution in [0.2, 0.25) is 0 Å². The molecule has 0 radical (unpaired) electrons. The molecule has 1 aromatic rings. The van der Waals surface area contributed by atoms with Gasteiger partial charge in [0.05, 0.1) is 6.54 Å². The van der Waals surface area contributed by atoms with Crippen LogP contribution in [0.4, 0.5) is 14.5 Å². The van der Waals surface area contributed by atoms with E-state index in [0.717, 1.165) is 6.42 Å². The van der Waals surface area contributed by atoms with Gasteiger partial charge in [0.1, 0.15) is 17.3 Å². The number of nitrogens with one attached hydrogen (secondary N) is 3. The summed E-state index contributed by atoms with van der Waals surface area (Å²) in [5, 5.41) is 9.10. The van der Waals surface area contributed by atoms with Crippen LogP contribution in [0.3, 0.4) is 0 Å². The molecule has 3 N–H and O–H groups in total. The molecular weight excluding hydrogens is 328 g/mol. The summed E-state index contributed by atoms with van der Waals surface area (Å²) in [5.74, 6) is -0.548. The molecule has 0 bridgehead atoms. The first-order valence-electron chi connectivity index (χ1n) is 8.49. The molecule has 1 aromatic carbocycles. The number of rotatable bonds is 6. The zero-order valence-corrected chi connectivity index (χ0v) is 14.6. The number of para-hydroxylation sites is 1. The number of halogens is 2. The Kier molecular flexibility index (Phi) is 6.97. The second kappa shape index (κ2) is 9.19. The average molecular weight is 353 g/mol. The van der Waals surface area contributed by atoms with Gasteiger partial charge in [0, 0.05) is 39.1 Å². The van der Waals surface area contributed by atoms with Gasteiger partial charge in [-0.1, -0.05) is 6.07 Å². The zero-order valence-electron chi connectivity index (χ0n) is 14.6. The number of aliphatic imine (C=N–C) groups is 1. The molecule has 1 heterocycles. The minimum absolute atomic E-state index is 0.0272. The van der Waals surface area contributed by atoms with Crippen molar-refractivity contribution in [1.29, 1.82) is 0 Å². The summed E-state index contributed by atoms with van der Waals surface area (Å²) in [6.07, 6.45) is 0.754. The third-order valence-electron chi connectivity index (χ3n) is 3.88. The van der Waals surface area contributed by atoms with E-state index >= 15 is 0 Å². The van der Waals surface area contributed by atoms with Crippen molar-refractivity contribution < 1.29 is 13.6 Å². The molecular formula is C17H25F2N5O. The molecule has 1 saturated heterocycles. The molecule has 138 valence electrons. The molecule has 1 unspecified atom stereocenters. The third-order valence-corrected chi connectivity index (χ3v) is 3.88. The molecule has 1 fully saturated rings. The Morgan fingerprint density at radius 1 is 1.32 bits per heavy atom. The maximum atomic E-state index is 13.9. The van der Waals surface area contributed by atoms with E-state index in [1.54, 1.807) is 4.90 Å². The van der Waals surface area contributed by atoms with Crippen molar-refractivity contribution in [1.82, 2.24) is 16.0 Å². The van der Waals surface area contributed by atoms with E-state index in [1.807, 2.05) is 6.92 Å². The Morgan fingerprint density at radius 2 is 2.04 bits per heavy atom. The highest BCUT2D eigenvalue weighted by Gasteiger charge is 2.27. The lowest BCUT2D eigenvalue weighted by molar-refractivity contribution is -0.118. The van der Waals surface area contributed by atoms with Gasteiger partial charge < -0.3 is 20.9 Å². The summed E-state index contributed by atoms with van der Waals surface area (Å²) in [6, 6.07) is 3.95. The number of nitrogens with zero attached hydrogens (tertiary/aromatic N) is 2. The monoisotopic (exact) mass is 353 g/mol. The van der Waals surface area contributed by atoms with Crippen molar-refractivity contribution in [2.24, 2.45) is 4.99 Å². The standard InChI is InChI=1S/C17H25F2N5O/c1-3-20-17(22-9-8-21-12(2)25)23-13-7-10-24(11-13)16-14(18)5-4-6-15(16)19/h4-6,13H,3,7-11H2,1-2H3,(H,21,25)(H2,20,22,23). The molecule has 0 spiro atoms. The lowest BCUT2D eigenvalue weighted by Gasteiger charge is -2.21. The van der Waals surface area contributed by atoms with Crippen LogP contribution >= 0.6 is 0 Å². The molecule has 25 heavy (non-hydrogen) atoms. The van der Waals surface area contributed by atoms with Crippen molar-refractivity contribution >= 4 is 17.6 Å². The van der Waals surface area contributed by atoms with Gasteiger partial charge in [-0.3, -0.25) is 9.79 Å². The van der Waals surface area contributed by atoms with Crippen LogP contribution in [-0.2, 0) is 4.79 Å². The van der Waals surface area contributed by atoms with Crippen molar-refractivity contribution in [3.63, 3.8) is 0 Å². The predicted octanol–water partition coefficient (Wildman–Crippen LogP) is 1.23. The highest BCUT2D eigenvalue weighted by Crippen LogP contribution is 2.26. The van der Waals surface area contributed by atoms with Crippen molar-refractivity contribution in [3.8, 4) is 0 Å². The first-order chi connectivity index (χ1) is 12.0. The number of hydrogen-bond donors (Lipinski definition) is 3. The highest BCUT2D eigenvalue weighted by molar-refractivity contribution is 5.80. The number of carbonyl (C=O) groups is 1. The number of guanidine groups is 1. The zero-order chi connectivity index (χ0) is 18.2. The molecule has 6 nitrogen and oxygen atoms in total. The molecule has 0 saturated carbocycles. The predicted molar refractivity (Wildman–Crippen MR) is 94.8 cm³/mol. The lowest BCUT2D eigenvalue weighted by atomic mass is 10.2. The average Bonchev–Trinajstić information content (AvgIpc) is 2.99. The highest BCUT2D eigenvalue weighted by atomic mass is 19.1. The van der Waals surface area contributed by atoms with Crippen molar-refractivity contribution in [2.75, 3.05) is 37.6 Å². The number of anilines is 1. The number of amides is 1. The first kappa shape index (κ1) is 19.0. The van der Waals surface area contributed by atoms with E-state index in [9.17, 15) is 13.6 Å². The maximum Gasteiger partial charge on any atom is 0.216 e. The van der Waals surface area contributed by atoms with E-state index in [-0.39, 0.29) is 17.6 Å². The first-order valence-corrected chi connectivity index (χ1v) is 8.49. The smallest absolute Gasteiger partial charge is 0.216 e. The fraction of sp³-hybridized carbons (Fsp3) is 0.529. The van der Waals surface area contributed by atoms with Crippen LogP contribution in [-0.4, -0.2) is 50.6 Å². The lowest BCUT2D eigenvalue weighted by Crippen LogP contribution is -2.45. The Morgan fingerprint density at radius 3 is 2.68 bits per heavy atom. The van der Waals surface area contributed by atoms with Crippen LogP contribution in [0.25, 0.3) is 0 Å². The molecule has 8 heteroatoms. The Balaban J connectivity index is 1.93. The molecule has 2 rings (SSSR count). The maximum absolute atomic E-state index is 13.9. The van der Waals surface area contributed by atoms with E-state index in [4.69, 9.17) is 0 Å². The van der Waals surface area contributed by atoms with Crippen LogP contribution < -0.4 is 20.9 Å². The minimum atomic E-state index is -0.545. The van der Waals surface area contributed by atoms with E-state index < -0.39 is 11.6 Å². The van der Waals surface area contributed by atoms with Gasteiger partial charge in [0.2, 0.25) is 5.91 Å². The molecule has 1 atom stereocenters. The fourth-order valence-electron chi connectivity index (χ4n) is 2.79. The van der Waals surface area contributed by atoms with Gasteiger partial charge in [-0.15, -0.1) is 0 Å². The van der Waals surface area contributed by atoms with Crippen molar-refractivity contribution in [2.45, 2.75) is 26.3 Å². The number of carbonyl (C=O) groups excluding carboxylic acids is 1.